The molecule has 0 aromatic heterocycles. The number of carbonyl (C=O) groups is 1. The first-order chi connectivity index (χ1) is 10.8. The van der Waals surface area contributed by atoms with E-state index in [4.69, 9.17) is 0 Å². The molecule has 1 amide bonds. The van der Waals surface area contributed by atoms with Crippen molar-refractivity contribution in [3.8, 4) is 0 Å². The van der Waals surface area contributed by atoms with Crippen LogP contribution in [0.4, 0.5) is 13.2 Å². The van der Waals surface area contributed by atoms with Gasteiger partial charge in [0.1, 0.15) is 0 Å². The standard InChI is InChI=1S/C17H25F3N2O/c1-4-22(5-2)12-6-7-13(3)21-16(23)14-8-10-15(11-9-14)17(18,19)20/h8-11,13H,4-7,12H2,1-3H3,(H,21,23)/p+1/t13-/m1/s1. The maximum absolute atomic E-state index is 12.5. The molecule has 0 spiro atoms. The van der Waals surface area contributed by atoms with Gasteiger partial charge in [-0.25, -0.2) is 0 Å². The van der Waals surface area contributed by atoms with Crippen LogP contribution in [0, 0.1) is 0 Å². The summed E-state index contributed by atoms with van der Waals surface area (Å²) < 4.78 is 37.5. The Balaban J connectivity index is 2.46. The Morgan fingerprint density at radius 3 is 2.22 bits per heavy atom. The maximum atomic E-state index is 12.5. The minimum Gasteiger partial charge on any atom is -0.350 e. The molecule has 1 aromatic rings. The predicted molar refractivity (Wildman–Crippen MR) is 84.5 cm³/mol. The molecule has 1 atom stereocenters. The molecule has 3 nitrogen and oxygen atoms in total. The summed E-state index contributed by atoms with van der Waals surface area (Å²) in [5, 5.41) is 2.83. The molecule has 1 rings (SSSR count). The Bertz CT molecular complexity index is 482. The van der Waals surface area contributed by atoms with E-state index in [-0.39, 0.29) is 17.5 Å². The second kappa shape index (κ2) is 8.91. The molecule has 130 valence electrons. The van der Waals surface area contributed by atoms with E-state index in [0.29, 0.717) is 0 Å². The summed E-state index contributed by atoms with van der Waals surface area (Å²) in [6.45, 7) is 9.45. The molecule has 6 heteroatoms. The van der Waals surface area contributed by atoms with Crippen LogP contribution in [0.5, 0.6) is 0 Å². The lowest BCUT2D eigenvalue weighted by atomic mass is 10.1. The first kappa shape index (κ1) is 19.5. The number of hydrogen-bond acceptors (Lipinski definition) is 1. The smallest absolute Gasteiger partial charge is 0.350 e. The molecule has 2 N–H and O–H groups in total. The van der Waals surface area contributed by atoms with Gasteiger partial charge in [-0.2, -0.15) is 13.2 Å². The molecular formula is C17H26F3N2O+. The van der Waals surface area contributed by atoms with Gasteiger partial charge in [-0.05, 0) is 57.9 Å². The zero-order valence-electron chi connectivity index (χ0n) is 14.0. The van der Waals surface area contributed by atoms with E-state index in [1.807, 2.05) is 6.92 Å². The highest BCUT2D eigenvalue weighted by atomic mass is 19.4. The van der Waals surface area contributed by atoms with Crippen LogP contribution in [0.25, 0.3) is 0 Å². The molecule has 0 saturated heterocycles. The second-order valence-electron chi connectivity index (χ2n) is 5.80. The van der Waals surface area contributed by atoms with Crippen molar-refractivity contribution in [3.63, 3.8) is 0 Å². The third-order valence-electron chi connectivity index (χ3n) is 4.02. The molecule has 1 aromatic carbocycles. The van der Waals surface area contributed by atoms with Crippen LogP contribution in [0.1, 0.15) is 49.5 Å². The molecule has 0 saturated carbocycles. The van der Waals surface area contributed by atoms with Crippen LogP contribution >= 0.6 is 0 Å². The Labute approximate surface area is 135 Å². The lowest BCUT2D eigenvalue weighted by Gasteiger charge is -2.18. The van der Waals surface area contributed by atoms with Crippen molar-refractivity contribution in [2.24, 2.45) is 0 Å². The number of alkyl halides is 3. The molecule has 0 unspecified atom stereocenters. The van der Waals surface area contributed by atoms with E-state index in [0.717, 1.165) is 44.6 Å². The molecule has 0 bridgehead atoms. The first-order valence-electron chi connectivity index (χ1n) is 8.09. The van der Waals surface area contributed by atoms with Gasteiger partial charge in [0, 0.05) is 11.6 Å². The number of amides is 1. The summed E-state index contributed by atoms with van der Waals surface area (Å²) in [6.07, 6.45) is -2.52. The monoisotopic (exact) mass is 331 g/mol. The van der Waals surface area contributed by atoms with E-state index in [1.54, 1.807) is 0 Å². The van der Waals surface area contributed by atoms with Gasteiger partial charge >= 0.3 is 6.18 Å². The van der Waals surface area contributed by atoms with Crippen LogP contribution in [-0.2, 0) is 6.18 Å². The molecular weight excluding hydrogens is 305 g/mol. The minimum absolute atomic E-state index is 0.000227. The summed E-state index contributed by atoms with van der Waals surface area (Å²) in [5.41, 5.74) is -0.497. The van der Waals surface area contributed by atoms with E-state index in [1.165, 1.54) is 17.0 Å². The highest BCUT2D eigenvalue weighted by Crippen LogP contribution is 2.29. The van der Waals surface area contributed by atoms with E-state index >= 15 is 0 Å². The molecule has 0 heterocycles. The Kier molecular flexibility index (Phi) is 7.55. The van der Waals surface area contributed by atoms with E-state index < -0.39 is 11.7 Å². The maximum Gasteiger partial charge on any atom is 0.416 e. The average Bonchev–Trinajstić information content (AvgIpc) is 2.51. The van der Waals surface area contributed by atoms with Crippen molar-refractivity contribution in [3.05, 3.63) is 35.4 Å². The average molecular weight is 331 g/mol. The number of benzene rings is 1. The van der Waals surface area contributed by atoms with Gasteiger partial charge in [0.2, 0.25) is 0 Å². The van der Waals surface area contributed by atoms with Gasteiger partial charge in [0.25, 0.3) is 5.91 Å². The summed E-state index contributed by atoms with van der Waals surface area (Å²) in [5.74, 6) is -0.332. The van der Waals surface area contributed by atoms with Gasteiger partial charge < -0.3 is 10.2 Å². The summed E-state index contributed by atoms with van der Waals surface area (Å²) in [7, 11) is 0. The fourth-order valence-electron chi connectivity index (χ4n) is 2.45. The van der Waals surface area contributed by atoms with Crippen LogP contribution in [0.2, 0.25) is 0 Å². The first-order valence-corrected chi connectivity index (χ1v) is 8.09. The van der Waals surface area contributed by atoms with Gasteiger partial charge in [0.05, 0.1) is 25.2 Å². The number of rotatable bonds is 8. The summed E-state index contributed by atoms with van der Waals surface area (Å²) in [6, 6.07) is 4.29. The van der Waals surface area contributed by atoms with Crippen LogP contribution < -0.4 is 10.2 Å². The SMILES string of the molecule is CC[NH+](CC)CCC[C@@H](C)NC(=O)c1ccc(C(F)(F)F)cc1. The summed E-state index contributed by atoms with van der Waals surface area (Å²) in [4.78, 5) is 13.5. The van der Waals surface area contributed by atoms with Crippen molar-refractivity contribution in [1.29, 1.82) is 0 Å². The van der Waals surface area contributed by atoms with Gasteiger partial charge in [-0.15, -0.1) is 0 Å². The Morgan fingerprint density at radius 2 is 1.74 bits per heavy atom. The zero-order chi connectivity index (χ0) is 17.5. The molecule has 0 fully saturated rings. The highest BCUT2D eigenvalue weighted by molar-refractivity contribution is 5.94. The molecule has 0 aliphatic heterocycles. The van der Waals surface area contributed by atoms with Crippen molar-refractivity contribution < 1.29 is 22.9 Å². The van der Waals surface area contributed by atoms with Gasteiger partial charge in [0.15, 0.2) is 0 Å². The quantitative estimate of drug-likeness (QED) is 0.754. The van der Waals surface area contributed by atoms with Gasteiger partial charge in [-0.1, -0.05) is 0 Å². The minimum atomic E-state index is -4.38. The number of nitrogens with one attached hydrogen (secondary N) is 2. The lowest BCUT2D eigenvalue weighted by molar-refractivity contribution is -0.896. The highest BCUT2D eigenvalue weighted by Gasteiger charge is 2.30. The molecule has 23 heavy (non-hydrogen) atoms. The lowest BCUT2D eigenvalue weighted by Crippen LogP contribution is -3.11. The second-order valence-corrected chi connectivity index (χ2v) is 5.80. The predicted octanol–water partition coefficient (Wildman–Crippen LogP) is 2.53. The number of halogens is 3. The largest absolute Gasteiger partial charge is 0.416 e. The molecule has 0 aliphatic rings. The van der Waals surface area contributed by atoms with E-state index in [2.05, 4.69) is 19.2 Å². The fourth-order valence-corrected chi connectivity index (χ4v) is 2.45. The topological polar surface area (TPSA) is 33.5 Å². The van der Waals surface area contributed by atoms with Crippen molar-refractivity contribution in [1.82, 2.24) is 5.32 Å². The molecule has 0 radical (unpaired) electrons. The number of hydrogen-bond donors (Lipinski definition) is 2. The number of carbonyl (C=O) groups excluding carboxylic acids is 1. The zero-order valence-corrected chi connectivity index (χ0v) is 14.0. The Hall–Kier alpha value is -1.56. The van der Waals surface area contributed by atoms with Crippen molar-refractivity contribution in [2.75, 3.05) is 19.6 Å². The van der Waals surface area contributed by atoms with E-state index in [9.17, 15) is 18.0 Å². The van der Waals surface area contributed by atoms with Crippen LogP contribution in [0.15, 0.2) is 24.3 Å². The molecule has 0 aliphatic carbocycles. The van der Waals surface area contributed by atoms with Crippen LogP contribution in [-0.4, -0.2) is 31.6 Å². The van der Waals surface area contributed by atoms with Crippen molar-refractivity contribution in [2.45, 2.75) is 45.8 Å². The Morgan fingerprint density at radius 1 is 1.17 bits per heavy atom. The number of quaternary nitrogens is 1. The van der Waals surface area contributed by atoms with Gasteiger partial charge in [-0.3, -0.25) is 4.79 Å². The fraction of sp³-hybridized carbons (Fsp3) is 0.588. The van der Waals surface area contributed by atoms with Crippen molar-refractivity contribution >= 4 is 5.91 Å². The van der Waals surface area contributed by atoms with Crippen LogP contribution in [0.3, 0.4) is 0 Å². The summed E-state index contributed by atoms with van der Waals surface area (Å²) >= 11 is 0. The third kappa shape index (κ3) is 6.60. The normalized spacial score (nSPS) is 13.2. The third-order valence-corrected chi connectivity index (χ3v) is 4.02.